The molecule has 0 fully saturated rings. The molecule has 0 atom stereocenters. The summed E-state index contributed by atoms with van der Waals surface area (Å²) in [6.07, 6.45) is 0. The van der Waals surface area contributed by atoms with Gasteiger partial charge < -0.3 is 0 Å². The SMILES string of the molecule is CCOc1cccc[c]1[Bi]([c]1ccccc1OCC)[c]1ccccc1OCC. The Hall–Kier alpha value is -2.06. The van der Waals surface area contributed by atoms with Crippen LogP contribution in [-0.4, -0.2) is 41.6 Å². The summed E-state index contributed by atoms with van der Waals surface area (Å²) in [5, 5.41) is 0. The zero-order chi connectivity index (χ0) is 19.8. The second-order valence-corrected chi connectivity index (χ2v) is 14.3. The molecule has 0 radical (unpaired) electrons. The van der Waals surface area contributed by atoms with E-state index in [2.05, 4.69) is 54.6 Å². The predicted molar refractivity (Wildman–Crippen MR) is 117 cm³/mol. The maximum atomic E-state index is 6.03. The monoisotopic (exact) mass is 572 g/mol. The van der Waals surface area contributed by atoms with Gasteiger partial charge in [0.25, 0.3) is 0 Å². The van der Waals surface area contributed by atoms with Gasteiger partial charge in [0.1, 0.15) is 0 Å². The molecule has 4 heteroatoms. The van der Waals surface area contributed by atoms with E-state index < -0.39 is 21.8 Å². The summed E-state index contributed by atoms with van der Waals surface area (Å²) in [7, 11) is 0. The van der Waals surface area contributed by atoms with E-state index in [1.165, 1.54) is 9.81 Å². The Labute approximate surface area is 175 Å². The first kappa shape index (κ1) is 20.7. The van der Waals surface area contributed by atoms with Crippen LogP contribution >= 0.6 is 0 Å². The summed E-state index contributed by atoms with van der Waals surface area (Å²) in [5.74, 6) is 2.92. The molecular formula is C24H27BiO3. The Morgan fingerprint density at radius 3 is 1.07 bits per heavy atom. The molecule has 0 spiro atoms. The number of hydrogen-bond acceptors (Lipinski definition) is 3. The van der Waals surface area contributed by atoms with Gasteiger partial charge in [-0.1, -0.05) is 0 Å². The van der Waals surface area contributed by atoms with Crippen LogP contribution in [0.3, 0.4) is 0 Å². The zero-order valence-electron chi connectivity index (χ0n) is 16.7. The second-order valence-electron chi connectivity index (χ2n) is 6.04. The van der Waals surface area contributed by atoms with Crippen LogP contribution in [0, 0.1) is 0 Å². The summed E-state index contributed by atoms with van der Waals surface area (Å²) in [5.41, 5.74) is 0. The third-order valence-electron chi connectivity index (χ3n) is 4.22. The van der Waals surface area contributed by atoms with Gasteiger partial charge in [0, 0.05) is 0 Å². The van der Waals surface area contributed by atoms with Gasteiger partial charge in [0.2, 0.25) is 0 Å². The second kappa shape index (κ2) is 10.5. The molecule has 28 heavy (non-hydrogen) atoms. The van der Waals surface area contributed by atoms with Crippen molar-refractivity contribution in [2.75, 3.05) is 19.8 Å². The molecule has 3 aromatic carbocycles. The molecule has 0 heterocycles. The molecule has 0 unspecified atom stereocenters. The van der Waals surface area contributed by atoms with Crippen molar-refractivity contribution in [3.63, 3.8) is 0 Å². The number of benzene rings is 3. The Kier molecular flexibility index (Phi) is 7.74. The van der Waals surface area contributed by atoms with E-state index in [1.54, 1.807) is 0 Å². The number of para-hydroxylation sites is 3. The molecule has 0 aliphatic heterocycles. The van der Waals surface area contributed by atoms with Crippen molar-refractivity contribution in [1.82, 2.24) is 0 Å². The molecule has 0 saturated heterocycles. The molecule has 0 aromatic heterocycles. The maximum absolute atomic E-state index is 6.03. The van der Waals surface area contributed by atoms with Crippen molar-refractivity contribution in [2.24, 2.45) is 0 Å². The summed E-state index contributed by atoms with van der Waals surface area (Å²) in [4.78, 5) is 0. The fraction of sp³-hybridized carbons (Fsp3) is 0.250. The van der Waals surface area contributed by atoms with Crippen molar-refractivity contribution in [1.29, 1.82) is 0 Å². The molecule has 0 saturated carbocycles. The van der Waals surface area contributed by atoms with E-state index in [1.807, 2.05) is 39.0 Å². The number of rotatable bonds is 9. The minimum atomic E-state index is -2.75. The van der Waals surface area contributed by atoms with Gasteiger partial charge in [0.05, 0.1) is 0 Å². The van der Waals surface area contributed by atoms with Crippen LogP contribution in [-0.2, 0) is 0 Å². The Morgan fingerprint density at radius 1 is 0.500 bits per heavy atom. The Bertz CT molecular complexity index is 777. The summed E-state index contributed by atoms with van der Waals surface area (Å²) in [6, 6.07) is 25.3. The molecule has 3 rings (SSSR count). The summed E-state index contributed by atoms with van der Waals surface area (Å²) in [6.45, 7) is 8.03. The fourth-order valence-corrected chi connectivity index (χ4v) is 13.1. The molecule has 3 nitrogen and oxygen atoms in total. The van der Waals surface area contributed by atoms with Crippen LogP contribution in [0.4, 0.5) is 0 Å². The average Bonchev–Trinajstić information content (AvgIpc) is 2.72. The van der Waals surface area contributed by atoms with E-state index in [-0.39, 0.29) is 0 Å². The number of hydrogen-bond donors (Lipinski definition) is 0. The topological polar surface area (TPSA) is 27.7 Å². The van der Waals surface area contributed by atoms with Crippen LogP contribution in [0.25, 0.3) is 0 Å². The molecule has 0 aliphatic rings. The van der Waals surface area contributed by atoms with Gasteiger partial charge >= 0.3 is 176 Å². The van der Waals surface area contributed by atoms with E-state index in [0.717, 1.165) is 17.2 Å². The molecule has 0 aliphatic carbocycles. The van der Waals surface area contributed by atoms with Crippen molar-refractivity contribution < 1.29 is 14.2 Å². The predicted octanol–water partition coefficient (Wildman–Crippen LogP) is 3.40. The van der Waals surface area contributed by atoms with Crippen LogP contribution < -0.4 is 24.0 Å². The Balaban J connectivity index is 2.25. The van der Waals surface area contributed by atoms with Crippen LogP contribution in [0.1, 0.15) is 20.8 Å². The van der Waals surface area contributed by atoms with Crippen molar-refractivity contribution in [3.8, 4) is 17.2 Å². The van der Waals surface area contributed by atoms with Gasteiger partial charge in [-0.2, -0.15) is 0 Å². The van der Waals surface area contributed by atoms with Crippen LogP contribution in [0.5, 0.6) is 17.2 Å². The van der Waals surface area contributed by atoms with Gasteiger partial charge in [0.15, 0.2) is 0 Å². The van der Waals surface area contributed by atoms with E-state index in [9.17, 15) is 0 Å². The normalized spacial score (nSPS) is 10.7. The van der Waals surface area contributed by atoms with Gasteiger partial charge in [-0.05, 0) is 0 Å². The summed E-state index contributed by atoms with van der Waals surface area (Å²) >= 11 is -2.75. The van der Waals surface area contributed by atoms with E-state index in [4.69, 9.17) is 14.2 Å². The molecular weight excluding hydrogens is 545 g/mol. The Morgan fingerprint density at radius 2 is 0.786 bits per heavy atom. The van der Waals surface area contributed by atoms with Gasteiger partial charge in [-0.25, -0.2) is 0 Å². The number of ether oxygens (including phenoxy) is 3. The first-order valence-electron chi connectivity index (χ1n) is 9.75. The molecule has 146 valence electrons. The summed E-state index contributed by atoms with van der Waals surface area (Å²) < 4.78 is 22.0. The van der Waals surface area contributed by atoms with Crippen molar-refractivity contribution in [3.05, 3.63) is 72.8 Å². The first-order chi connectivity index (χ1) is 13.8. The van der Waals surface area contributed by atoms with Gasteiger partial charge in [-0.15, -0.1) is 0 Å². The molecule has 0 N–H and O–H groups in total. The fourth-order valence-electron chi connectivity index (χ4n) is 3.15. The van der Waals surface area contributed by atoms with Crippen LogP contribution in [0.2, 0.25) is 0 Å². The third-order valence-corrected chi connectivity index (χ3v) is 14.1. The molecule has 0 amide bonds. The third kappa shape index (κ3) is 4.67. The molecule has 0 bridgehead atoms. The quantitative estimate of drug-likeness (QED) is 0.368. The van der Waals surface area contributed by atoms with E-state index in [0.29, 0.717) is 19.8 Å². The van der Waals surface area contributed by atoms with Crippen molar-refractivity contribution >= 4 is 31.6 Å². The first-order valence-corrected chi connectivity index (χ1v) is 15.0. The molecule has 3 aromatic rings. The standard InChI is InChI=1S/3C8H9O.Bi/c3*1-2-9-8-6-4-3-5-7-8;/h3*3-6H,2H2,1H3;. The average molecular weight is 572 g/mol. The van der Waals surface area contributed by atoms with Crippen LogP contribution in [0.15, 0.2) is 72.8 Å². The minimum absolute atomic E-state index is 0.648. The van der Waals surface area contributed by atoms with E-state index >= 15 is 0 Å². The van der Waals surface area contributed by atoms with Crippen molar-refractivity contribution in [2.45, 2.75) is 20.8 Å². The zero-order valence-corrected chi connectivity index (χ0v) is 20.2. The van der Waals surface area contributed by atoms with Gasteiger partial charge in [-0.3, -0.25) is 0 Å².